The number of aryl methyl sites for hydroxylation is 1. The second-order valence-corrected chi connectivity index (χ2v) is 4.51. The molecule has 90 valence electrons. The van der Waals surface area contributed by atoms with E-state index >= 15 is 0 Å². The summed E-state index contributed by atoms with van der Waals surface area (Å²) < 4.78 is 4.90. The van der Waals surface area contributed by atoms with Crippen LogP contribution in [-0.4, -0.2) is 11.1 Å². The Balaban J connectivity index is 1.92. The molecule has 2 aromatic heterocycles. The highest BCUT2D eigenvalue weighted by Gasteiger charge is 2.13. The number of rotatable bonds is 5. The number of hydrogen-bond acceptors (Lipinski definition) is 4. The minimum Gasteiger partial charge on any atom is -0.475 e. The van der Waals surface area contributed by atoms with Gasteiger partial charge in [-0.3, -0.25) is 0 Å². The van der Waals surface area contributed by atoms with Gasteiger partial charge in [0.15, 0.2) is 0 Å². The van der Waals surface area contributed by atoms with Gasteiger partial charge in [0.1, 0.15) is 0 Å². The van der Waals surface area contributed by atoms with Gasteiger partial charge in [-0.2, -0.15) is 11.3 Å². The number of carboxylic acid groups (broad SMARTS) is 1. The second kappa shape index (κ2) is 5.16. The Labute approximate surface area is 103 Å². The third kappa shape index (κ3) is 2.75. The number of aromatic carboxylic acids is 1. The van der Waals surface area contributed by atoms with Crippen LogP contribution in [0.4, 0.5) is 0 Å². The van der Waals surface area contributed by atoms with Gasteiger partial charge in [0, 0.05) is 18.7 Å². The summed E-state index contributed by atoms with van der Waals surface area (Å²) in [4.78, 5) is 10.8. The summed E-state index contributed by atoms with van der Waals surface area (Å²) in [7, 11) is 0. The molecule has 0 bridgehead atoms. The molecule has 4 nitrogen and oxygen atoms in total. The number of furan rings is 1. The zero-order chi connectivity index (χ0) is 12.3. The molecule has 2 aromatic rings. The minimum absolute atomic E-state index is 0.0135. The molecule has 0 saturated carbocycles. The first-order valence-corrected chi connectivity index (χ1v) is 6.15. The normalized spacial score (nSPS) is 10.6. The summed E-state index contributed by atoms with van der Waals surface area (Å²) in [6, 6.07) is 1.68. The van der Waals surface area contributed by atoms with Crippen LogP contribution in [0.2, 0.25) is 0 Å². The lowest BCUT2D eigenvalue weighted by Gasteiger charge is -2.03. The van der Waals surface area contributed by atoms with Crippen molar-refractivity contribution in [2.24, 2.45) is 0 Å². The van der Waals surface area contributed by atoms with Crippen molar-refractivity contribution in [3.63, 3.8) is 0 Å². The van der Waals surface area contributed by atoms with Crippen LogP contribution in [0.15, 0.2) is 27.5 Å². The molecule has 0 aliphatic rings. The third-order valence-electron chi connectivity index (χ3n) is 2.53. The van der Waals surface area contributed by atoms with Gasteiger partial charge in [-0.05, 0) is 34.9 Å². The summed E-state index contributed by atoms with van der Waals surface area (Å²) in [6.45, 7) is 3.29. The summed E-state index contributed by atoms with van der Waals surface area (Å²) in [6.07, 6.45) is 1.40. The van der Waals surface area contributed by atoms with Gasteiger partial charge in [-0.1, -0.05) is 0 Å². The Bertz CT molecular complexity index is 515. The number of thiophene rings is 1. The molecule has 2 rings (SSSR count). The predicted molar refractivity (Wildman–Crippen MR) is 65.3 cm³/mol. The maximum atomic E-state index is 10.8. The molecule has 0 saturated heterocycles. The highest BCUT2D eigenvalue weighted by molar-refractivity contribution is 7.08. The van der Waals surface area contributed by atoms with E-state index in [2.05, 4.69) is 23.0 Å². The molecule has 0 unspecified atom stereocenters. The van der Waals surface area contributed by atoms with Crippen LogP contribution in [0.3, 0.4) is 0 Å². The fourth-order valence-electron chi connectivity index (χ4n) is 1.56. The summed E-state index contributed by atoms with van der Waals surface area (Å²) >= 11 is 1.67. The van der Waals surface area contributed by atoms with Crippen molar-refractivity contribution in [3.8, 4) is 0 Å². The first-order valence-electron chi connectivity index (χ1n) is 5.20. The van der Waals surface area contributed by atoms with Crippen LogP contribution in [0, 0.1) is 6.92 Å². The summed E-state index contributed by atoms with van der Waals surface area (Å²) in [5.41, 5.74) is 3.17. The van der Waals surface area contributed by atoms with Gasteiger partial charge in [-0.25, -0.2) is 4.79 Å². The molecule has 0 fully saturated rings. The molecule has 0 aliphatic carbocycles. The van der Waals surface area contributed by atoms with Crippen LogP contribution in [0.25, 0.3) is 0 Å². The average molecular weight is 251 g/mol. The molecular formula is C12H13NO3S. The van der Waals surface area contributed by atoms with E-state index in [0.29, 0.717) is 12.1 Å². The Morgan fingerprint density at radius 3 is 2.82 bits per heavy atom. The van der Waals surface area contributed by atoms with Crippen molar-refractivity contribution in [1.82, 2.24) is 5.32 Å². The molecule has 0 radical (unpaired) electrons. The monoisotopic (exact) mass is 251 g/mol. The highest BCUT2D eigenvalue weighted by atomic mass is 32.1. The Hall–Kier alpha value is -1.59. The fourth-order valence-corrected chi connectivity index (χ4v) is 2.42. The van der Waals surface area contributed by atoms with Crippen LogP contribution in [0.1, 0.15) is 27.2 Å². The second-order valence-electron chi connectivity index (χ2n) is 3.76. The van der Waals surface area contributed by atoms with Crippen molar-refractivity contribution in [1.29, 1.82) is 0 Å². The fraction of sp³-hybridized carbons (Fsp3) is 0.250. The van der Waals surface area contributed by atoms with E-state index in [1.165, 1.54) is 17.4 Å². The average Bonchev–Trinajstić information content (AvgIpc) is 2.88. The maximum Gasteiger partial charge on any atom is 0.372 e. The van der Waals surface area contributed by atoms with Crippen LogP contribution in [0.5, 0.6) is 0 Å². The number of nitrogens with one attached hydrogen (secondary N) is 1. The van der Waals surface area contributed by atoms with Crippen LogP contribution < -0.4 is 5.32 Å². The van der Waals surface area contributed by atoms with Gasteiger partial charge in [0.05, 0.1) is 6.26 Å². The standard InChI is InChI=1S/C12H13NO3S/c1-8-6-17-7-10(8)5-13-4-9-2-3-16-11(9)12(14)15/h2-3,6-7,13H,4-5H2,1H3,(H,14,15). The zero-order valence-electron chi connectivity index (χ0n) is 9.40. The molecule has 5 heteroatoms. The quantitative estimate of drug-likeness (QED) is 0.857. The largest absolute Gasteiger partial charge is 0.475 e. The van der Waals surface area contributed by atoms with Crippen molar-refractivity contribution >= 4 is 17.3 Å². The first-order chi connectivity index (χ1) is 8.18. The van der Waals surface area contributed by atoms with Gasteiger partial charge in [0.2, 0.25) is 5.76 Å². The minimum atomic E-state index is -1.03. The maximum absolute atomic E-state index is 10.8. The van der Waals surface area contributed by atoms with E-state index in [9.17, 15) is 4.79 Å². The molecule has 0 atom stereocenters. The molecule has 0 aromatic carbocycles. The van der Waals surface area contributed by atoms with Crippen LogP contribution in [-0.2, 0) is 13.1 Å². The van der Waals surface area contributed by atoms with E-state index in [1.807, 2.05) is 0 Å². The Morgan fingerprint density at radius 2 is 2.18 bits per heavy atom. The zero-order valence-corrected chi connectivity index (χ0v) is 10.2. The first kappa shape index (κ1) is 11.9. The van der Waals surface area contributed by atoms with Crippen molar-refractivity contribution in [2.45, 2.75) is 20.0 Å². The molecule has 2 N–H and O–H groups in total. The van der Waals surface area contributed by atoms with Gasteiger partial charge >= 0.3 is 5.97 Å². The topological polar surface area (TPSA) is 62.5 Å². The van der Waals surface area contributed by atoms with E-state index in [4.69, 9.17) is 9.52 Å². The van der Waals surface area contributed by atoms with Crippen LogP contribution >= 0.6 is 11.3 Å². The lowest BCUT2D eigenvalue weighted by molar-refractivity contribution is 0.0660. The van der Waals surface area contributed by atoms with Gasteiger partial charge in [0.25, 0.3) is 0 Å². The van der Waals surface area contributed by atoms with E-state index in [0.717, 1.165) is 6.54 Å². The van der Waals surface area contributed by atoms with E-state index in [1.54, 1.807) is 17.4 Å². The number of hydrogen-bond donors (Lipinski definition) is 2. The SMILES string of the molecule is Cc1cscc1CNCc1ccoc1C(=O)O. The number of carboxylic acids is 1. The highest BCUT2D eigenvalue weighted by Crippen LogP contribution is 2.14. The lowest BCUT2D eigenvalue weighted by atomic mass is 10.2. The van der Waals surface area contributed by atoms with E-state index in [-0.39, 0.29) is 5.76 Å². The molecular weight excluding hydrogens is 238 g/mol. The summed E-state index contributed by atoms with van der Waals surface area (Å²) in [5, 5.41) is 16.3. The molecule has 0 amide bonds. The molecule has 17 heavy (non-hydrogen) atoms. The van der Waals surface area contributed by atoms with Crippen molar-refractivity contribution < 1.29 is 14.3 Å². The smallest absolute Gasteiger partial charge is 0.372 e. The summed E-state index contributed by atoms with van der Waals surface area (Å²) in [5.74, 6) is -1.02. The van der Waals surface area contributed by atoms with E-state index < -0.39 is 5.97 Å². The lowest BCUT2D eigenvalue weighted by Crippen LogP contribution is -2.14. The number of carbonyl (C=O) groups is 1. The van der Waals surface area contributed by atoms with Crippen molar-refractivity contribution in [2.75, 3.05) is 0 Å². The third-order valence-corrected chi connectivity index (χ3v) is 3.44. The molecule has 2 heterocycles. The predicted octanol–water partition coefficient (Wildman–Crippen LogP) is 2.64. The molecule has 0 aliphatic heterocycles. The van der Waals surface area contributed by atoms with Gasteiger partial charge < -0.3 is 14.8 Å². The van der Waals surface area contributed by atoms with Gasteiger partial charge in [-0.15, -0.1) is 0 Å². The van der Waals surface area contributed by atoms with Crippen molar-refractivity contribution in [3.05, 3.63) is 45.5 Å². The Kier molecular flexibility index (Phi) is 3.61. The Morgan fingerprint density at radius 1 is 1.41 bits per heavy atom. The molecule has 0 spiro atoms.